The molecule has 1 saturated heterocycles. The molecule has 11 heteroatoms. The molecule has 3 heterocycles. The molecule has 7 nitrogen and oxygen atoms in total. The molecule has 0 unspecified atom stereocenters. The van der Waals surface area contributed by atoms with Crippen molar-refractivity contribution in [1.29, 1.82) is 0 Å². The molecule has 162 valence electrons. The summed E-state index contributed by atoms with van der Waals surface area (Å²) in [4.78, 5) is 17.9. The fourth-order valence-corrected chi connectivity index (χ4v) is 3.61. The van der Waals surface area contributed by atoms with Crippen molar-refractivity contribution < 1.29 is 36.4 Å². The largest absolute Gasteiger partial charge is 0.491 e. The second-order valence-electron chi connectivity index (χ2n) is 7.60. The second-order valence-corrected chi connectivity index (χ2v) is 7.60. The minimum absolute atomic E-state index is 0.00320. The van der Waals surface area contributed by atoms with Gasteiger partial charge in [-0.1, -0.05) is 12.1 Å². The van der Waals surface area contributed by atoms with E-state index in [1.165, 1.54) is 6.07 Å². The Morgan fingerprint density at radius 1 is 1.20 bits per heavy atom. The summed E-state index contributed by atoms with van der Waals surface area (Å²) in [5, 5.41) is 3.28. The van der Waals surface area contributed by atoms with E-state index in [1.807, 2.05) is 6.92 Å². The van der Waals surface area contributed by atoms with Gasteiger partial charge in [0.15, 0.2) is 0 Å². The van der Waals surface area contributed by atoms with Crippen LogP contribution >= 0.6 is 0 Å². The van der Waals surface area contributed by atoms with Crippen molar-refractivity contribution in [2.75, 3.05) is 26.4 Å². The lowest BCUT2D eigenvalue weighted by Crippen LogP contribution is -2.45. The van der Waals surface area contributed by atoms with E-state index >= 15 is 0 Å². The summed E-state index contributed by atoms with van der Waals surface area (Å²) in [6.07, 6.45) is -3.64. The Kier molecular flexibility index (Phi) is 5.16. The summed E-state index contributed by atoms with van der Waals surface area (Å²) in [5.74, 6) is -2.61. The number of carbonyl (C=O) groups excluding carboxylic acids is 1. The second kappa shape index (κ2) is 7.53. The van der Waals surface area contributed by atoms with Crippen LogP contribution in [0.25, 0.3) is 11.4 Å². The molecule has 2 aliphatic rings. The van der Waals surface area contributed by atoms with Crippen LogP contribution in [0, 0.1) is 11.2 Å². The molecule has 30 heavy (non-hydrogen) atoms. The zero-order chi connectivity index (χ0) is 21.5. The predicted octanol–water partition coefficient (Wildman–Crippen LogP) is 3.43. The zero-order valence-electron chi connectivity index (χ0n) is 16.1. The lowest BCUT2D eigenvalue weighted by molar-refractivity contribution is -0.159. The molecule has 1 aromatic heterocycles. The van der Waals surface area contributed by atoms with Gasteiger partial charge >= 0.3 is 12.1 Å². The van der Waals surface area contributed by atoms with Crippen molar-refractivity contribution in [3.63, 3.8) is 0 Å². The maximum absolute atomic E-state index is 14.9. The number of aromatic nitrogens is 2. The summed E-state index contributed by atoms with van der Waals surface area (Å²) in [5.41, 5.74) is -0.445. The van der Waals surface area contributed by atoms with E-state index in [-0.39, 0.29) is 42.5 Å². The van der Waals surface area contributed by atoms with Crippen molar-refractivity contribution >= 4 is 5.91 Å². The zero-order valence-corrected chi connectivity index (χ0v) is 16.1. The SMILES string of the molecule is CC1(C(=O)N2CCOc3cc(-c4noc(C(F)(F)F)n4)cc(F)c3C2)CCOCC1. The van der Waals surface area contributed by atoms with Gasteiger partial charge in [0.2, 0.25) is 11.7 Å². The van der Waals surface area contributed by atoms with E-state index in [0.29, 0.717) is 26.1 Å². The maximum atomic E-state index is 14.9. The molecular formula is C19H19F4N3O4. The standard InChI is InChI=1S/C19H19F4N3O4/c1-18(2-5-28-6-3-18)17(27)26-4-7-29-14-9-11(8-13(20)12(14)10-26)15-24-16(30-25-15)19(21,22)23/h8-9H,2-7,10H2,1H3. The first-order valence-corrected chi connectivity index (χ1v) is 9.41. The van der Waals surface area contributed by atoms with Gasteiger partial charge in [-0.2, -0.15) is 18.2 Å². The quantitative estimate of drug-likeness (QED) is 0.681. The number of alkyl halides is 3. The third kappa shape index (κ3) is 3.85. The van der Waals surface area contributed by atoms with Gasteiger partial charge in [-0.05, 0) is 25.0 Å². The van der Waals surface area contributed by atoms with Gasteiger partial charge in [-0.15, -0.1) is 0 Å². The Bertz CT molecular complexity index is 954. The molecule has 2 aliphatic heterocycles. The molecule has 2 aromatic rings. The third-order valence-electron chi connectivity index (χ3n) is 5.45. The molecule has 0 saturated carbocycles. The molecule has 0 radical (unpaired) electrons. The van der Waals surface area contributed by atoms with Crippen molar-refractivity contribution in [2.24, 2.45) is 5.41 Å². The fourth-order valence-electron chi connectivity index (χ4n) is 3.61. The summed E-state index contributed by atoms with van der Waals surface area (Å²) < 4.78 is 68.1. The number of ether oxygens (including phenoxy) is 2. The number of rotatable bonds is 2. The number of hydrogen-bond acceptors (Lipinski definition) is 6. The number of fused-ring (bicyclic) bond motifs is 1. The summed E-state index contributed by atoms with van der Waals surface area (Å²) >= 11 is 0. The van der Waals surface area contributed by atoms with Gasteiger partial charge in [0.25, 0.3) is 0 Å². The van der Waals surface area contributed by atoms with Crippen LogP contribution in [0.2, 0.25) is 0 Å². The molecule has 0 N–H and O–H groups in total. The van der Waals surface area contributed by atoms with Crippen LogP contribution in [0.5, 0.6) is 5.75 Å². The number of hydrogen-bond donors (Lipinski definition) is 0. The summed E-state index contributed by atoms with van der Waals surface area (Å²) in [6, 6.07) is 2.37. The highest BCUT2D eigenvalue weighted by Gasteiger charge is 2.40. The van der Waals surface area contributed by atoms with Crippen LogP contribution in [0.15, 0.2) is 16.7 Å². The maximum Gasteiger partial charge on any atom is 0.471 e. The highest BCUT2D eigenvalue weighted by Crippen LogP contribution is 2.36. The molecular weight excluding hydrogens is 410 g/mol. The van der Waals surface area contributed by atoms with Crippen molar-refractivity contribution in [1.82, 2.24) is 15.0 Å². The molecule has 1 aromatic carbocycles. The first-order valence-electron chi connectivity index (χ1n) is 9.41. The van der Waals surface area contributed by atoms with Crippen LogP contribution in [0.3, 0.4) is 0 Å². The highest BCUT2D eigenvalue weighted by molar-refractivity contribution is 5.82. The Balaban J connectivity index is 1.61. The van der Waals surface area contributed by atoms with Gasteiger partial charge in [-0.3, -0.25) is 4.79 Å². The number of carbonyl (C=O) groups is 1. The van der Waals surface area contributed by atoms with Crippen molar-refractivity contribution in [3.8, 4) is 17.1 Å². The lowest BCUT2D eigenvalue weighted by Gasteiger charge is -2.36. The van der Waals surface area contributed by atoms with Crippen LogP contribution in [-0.4, -0.2) is 47.3 Å². The molecule has 1 fully saturated rings. The van der Waals surface area contributed by atoms with Gasteiger partial charge in [0, 0.05) is 24.3 Å². The Labute approximate surface area is 168 Å². The average molecular weight is 429 g/mol. The van der Waals surface area contributed by atoms with Crippen molar-refractivity contribution in [2.45, 2.75) is 32.5 Å². The average Bonchev–Trinajstić information content (AvgIpc) is 3.10. The van der Waals surface area contributed by atoms with E-state index in [2.05, 4.69) is 14.7 Å². The topological polar surface area (TPSA) is 77.7 Å². The molecule has 0 bridgehead atoms. The van der Waals surface area contributed by atoms with E-state index < -0.39 is 29.1 Å². The molecule has 0 atom stereocenters. The normalized spacial score (nSPS) is 19.0. The smallest absolute Gasteiger partial charge is 0.471 e. The molecule has 0 aliphatic carbocycles. The Morgan fingerprint density at radius 3 is 2.60 bits per heavy atom. The number of amides is 1. The van der Waals surface area contributed by atoms with Gasteiger partial charge < -0.3 is 18.9 Å². The van der Waals surface area contributed by atoms with Crippen molar-refractivity contribution in [3.05, 3.63) is 29.4 Å². The summed E-state index contributed by atoms with van der Waals surface area (Å²) in [6.45, 7) is 3.24. The Morgan fingerprint density at radius 2 is 1.93 bits per heavy atom. The molecule has 1 amide bonds. The first kappa shape index (κ1) is 20.6. The van der Waals surface area contributed by atoms with E-state index in [4.69, 9.17) is 9.47 Å². The van der Waals surface area contributed by atoms with Crippen LogP contribution < -0.4 is 4.74 Å². The first-order chi connectivity index (χ1) is 14.2. The number of halogens is 4. The van der Waals surface area contributed by atoms with E-state index in [9.17, 15) is 22.4 Å². The van der Waals surface area contributed by atoms with Crippen LogP contribution in [0.1, 0.15) is 31.2 Å². The minimum atomic E-state index is -4.80. The predicted molar refractivity (Wildman–Crippen MR) is 93.8 cm³/mol. The number of nitrogens with zero attached hydrogens (tertiary/aromatic N) is 3. The molecule has 4 rings (SSSR count). The monoisotopic (exact) mass is 429 g/mol. The van der Waals surface area contributed by atoms with E-state index in [0.717, 1.165) is 6.07 Å². The third-order valence-corrected chi connectivity index (χ3v) is 5.45. The van der Waals surface area contributed by atoms with Gasteiger partial charge in [-0.25, -0.2) is 4.39 Å². The van der Waals surface area contributed by atoms with Gasteiger partial charge in [0.05, 0.1) is 18.5 Å². The number of benzene rings is 1. The fraction of sp³-hybridized carbons (Fsp3) is 0.526. The van der Waals surface area contributed by atoms with Crippen LogP contribution in [-0.2, 0) is 22.3 Å². The van der Waals surface area contributed by atoms with E-state index in [1.54, 1.807) is 4.90 Å². The highest BCUT2D eigenvalue weighted by atomic mass is 19.4. The van der Waals surface area contributed by atoms with Crippen LogP contribution in [0.4, 0.5) is 17.6 Å². The minimum Gasteiger partial charge on any atom is -0.491 e. The Hall–Kier alpha value is -2.69. The lowest BCUT2D eigenvalue weighted by atomic mass is 9.81. The summed E-state index contributed by atoms with van der Waals surface area (Å²) in [7, 11) is 0. The molecule has 0 spiro atoms. The van der Waals surface area contributed by atoms with Gasteiger partial charge in [0.1, 0.15) is 18.2 Å².